The fourth-order valence-electron chi connectivity index (χ4n) is 1.96. The van der Waals surface area contributed by atoms with E-state index in [2.05, 4.69) is 6.07 Å². The second kappa shape index (κ2) is 7.79. The Balaban J connectivity index is 2.71. The second-order valence-electron chi connectivity index (χ2n) is 4.46. The van der Waals surface area contributed by atoms with Crippen LogP contribution >= 0.6 is 0 Å². The van der Waals surface area contributed by atoms with Crippen LogP contribution in [0, 0.1) is 6.92 Å². The molecule has 0 saturated carbocycles. The Morgan fingerprint density at radius 3 is 2.68 bits per heavy atom. The summed E-state index contributed by atoms with van der Waals surface area (Å²) in [5.74, 6) is -0.222. The second-order valence-corrected chi connectivity index (χ2v) is 4.46. The molecular weight excluding hydrogens is 242 g/mol. The molecule has 4 heteroatoms. The van der Waals surface area contributed by atoms with Crippen molar-refractivity contribution in [2.75, 3.05) is 31.8 Å². The normalized spacial score (nSPS) is 12.0. The number of hydrogen-bond acceptors (Lipinski definition) is 4. The Bertz CT molecular complexity index is 406. The molecule has 0 spiro atoms. The molecule has 0 aliphatic carbocycles. The molecule has 0 heterocycles. The Labute approximate surface area is 115 Å². The summed E-state index contributed by atoms with van der Waals surface area (Å²) < 4.78 is 10.0. The Hall–Kier alpha value is -1.55. The van der Waals surface area contributed by atoms with Crippen molar-refractivity contribution in [3.63, 3.8) is 0 Å². The highest BCUT2D eigenvalue weighted by atomic mass is 16.6. The number of likely N-dealkylation sites (N-methyl/N-ethyl adjacent to an activating group) is 1. The zero-order valence-electron chi connectivity index (χ0n) is 12.2. The number of rotatable bonds is 7. The van der Waals surface area contributed by atoms with Gasteiger partial charge in [0.05, 0.1) is 6.61 Å². The quantitative estimate of drug-likeness (QED) is 0.560. The summed E-state index contributed by atoms with van der Waals surface area (Å²) in [6.07, 6.45) is 0. The lowest BCUT2D eigenvalue weighted by Gasteiger charge is -2.28. The molecule has 1 unspecified atom stereocenters. The number of carbonyl (C=O) groups excluding carboxylic acids is 1. The van der Waals surface area contributed by atoms with Crippen LogP contribution in [-0.4, -0.2) is 38.9 Å². The minimum atomic E-state index is -0.302. The molecule has 0 radical (unpaired) electrons. The Kier molecular flexibility index (Phi) is 6.36. The van der Waals surface area contributed by atoms with Crippen molar-refractivity contribution in [1.29, 1.82) is 0 Å². The number of benzene rings is 1. The van der Waals surface area contributed by atoms with Crippen molar-refractivity contribution in [3.8, 4) is 0 Å². The van der Waals surface area contributed by atoms with Crippen LogP contribution in [0.25, 0.3) is 0 Å². The lowest BCUT2D eigenvalue weighted by atomic mass is 10.1. The molecule has 0 saturated heterocycles. The third-order valence-electron chi connectivity index (χ3n) is 3.01. The van der Waals surface area contributed by atoms with Gasteiger partial charge in [-0.2, -0.15) is 0 Å². The van der Waals surface area contributed by atoms with E-state index in [9.17, 15) is 4.79 Å². The van der Waals surface area contributed by atoms with Gasteiger partial charge in [-0.3, -0.25) is 0 Å². The molecule has 0 bridgehead atoms. The van der Waals surface area contributed by atoms with E-state index in [1.807, 2.05) is 43.9 Å². The van der Waals surface area contributed by atoms with Crippen molar-refractivity contribution >= 4 is 11.7 Å². The molecule has 0 aliphatic heterocycles. The highest BCUT2D eigenvalue weighted by Gasteiger charge is 2.21. The number of nitrogens with zero attached hydrogens (tertiary/aromatic N) is 1. The van der Waals surface area contributed by atoms with Crippen molar-refractivity contribution in [3.05, 3.63) is 29.8 Å². The molecular formula is C15H23NO3. The van der Waals surface area contributed by atoms with E-state index in [0.29, 0.717) is 13.2 Å². The average Bonchev–Trinajstić information content (AvgIpc) is 2.39. The first-order valence-corrected chi connectivity index (χ1v) is 6.59. The molecule has 0 aliphatic rings. The van der Waals surface area contributed by atoms with Crippen LogP contribution in [0.15, 0.2) is 24.3 Å². The molecule has 1 aromatic rings. The highest BCUT2D eigenvalue weighted by molar-refractivity contribution is 5.79. The molecule has 1 rings (SSSR count). The van der Waals surface area contributed by atoms with E-state index in [1.165, 1.54) is 5.56 Å². The van der Waals surface area contributed by atoms with Crippen LogP contribution in [-0.2, 0) is 14.3 Å². The summed E-state index contributed by atoms with van der Waals surface area (Å²) in [7, 11) is 1.59. The number of anilines is 1. The largest absolute Gasteiger partial charge is 0.462 e. The first kappa shape index (κ1) is 15.5. The lowest BCUT2D eigenvalue weighted by Crippen LogP contribution is -2.40. The fraction of sp³-hybridized carbons (Fsp3) is 0.533. The van der Waals surface area contributed by atoms with Crippen LogP contribution in [0.1, 0.15) is 19.4 Å². The van der Waals surface area contributed by atoms with E-state index in [4.69, 9.17) is 9.47 Å². The standard InChI is InChI=1S/C15H23NO3/c1-5-16(14-8-6-7-12(2)11-14)13(3)15(17)19-10-9-18-4/h6-8,11,13H,5,9-10H2,1-4H3. The molecule has 19 heavy (non-hydrogen) atoms. The van der Waals surface area contributed by atoms with Crippen LogP contribution in [0.3, 0.4) is 0 Å². The van der Waals surface area contributed by atoms with Crippen molar-refractivity contribution in [2.24, 2.45) is 0 Å². The maximum absolute atomic E-state index is 12.0. The Morgan fingerprint density at radius 2 is 2.11 bits per heavy atom. The van der Waals surface area contributed by atoms with Gasteiger partial charge in [0.2, 0.25) is 0 Å². The number of esters is 1. The SMILES string of the molecule is CCN(c1cccc(C)c1)C(C)C(=O)OCCOC. The van der Waals surface area contributed by atoms with E-state index < -0.39 is 0 Å². The lowest BCUT2D eigenvalue weighted by molar-refractivity contribution is -0.146. The topological polar surface area (TPSA) is 38.8 Å². The average molecular weight is 265 g/mol. The zero-order chi connectivity index (χ0) is 14.3. The van der Waals surface area contributed by atoms with Gasteiger partial charge in [-0.1, -0.05) is 12.1 Å². The number of hydrogen-bond donors (Lipinski definition) is 0. The minimum absolute atomic E-state index is 0.222. The van der Waals surface area contributed by atoms with Gasteiger partial charge in [-0.05, 0) is 38.5 Å². The highest BCUT2D eigenvalue weighted by Crippen LogP contribution is 2.18. The minimum Gasteiger partial charge on any atom is -0.462 e. The Morgan fingerprint density at radius 1 is 1.37 bits per heavy atom. The maximum Gasteiger partial charge on any atom is 0.328 e. The number of ether oxygens (including phenoxy) is 2. The number of methoxy groups -OCH3 is 1. The van der Waals surface area contributed by atoms with Gasteiger partial charge >= 0.3 is 5.97 Å². The summed E-state index contributed by atoms with van der Waals surface area (Å²) in [4.78, 5) is 14.0. The van der Waals surface area contributed by atoms with Crippen LogP contribution < -0.4 is 4.90 Å². The van der Waals surface area contributed by atoms with Crippen molar-refractivity contribution < 1.29 is 14.3 Å². The van der Waals surface area contributed by atoms with Crippen molar-refractivity contribution in [1.82, 2.24) is 0 Å². The summed E-state index contributed by atoms with van der Waals surface area (Å²) in [5.41, 5.74) is 2.22. The van der Waals surface area contributed by atoms with Gasteiger partial charge in [0.15, 0.2) is 0 Å². The first-order chi connectivity index (χ1) is 9.10. The molecule has 1 atom stereocenters. The third-order valence-corrected chi connectivity index (χ3v) is 3.01. The molecule has 0 amide bonds. The van der Waals surface area contributed by atoms with Crippen LogP contribution in [0.5, 0.6) is 0 Å². The predicted molar refractivity (Wildman–Crippen MR) is 76.5 cm³/mol. The van der Waals surface area contributed by atoms with E-state index in [-0.39, 0.29) is 12.0 Å². The monoisotopic (exact) mass is 265 g/mol. The number of aryl methyl sites for hydroxylation is 1. The van der Waals surface area contributed by atoms with E-state index in [1.54, 1.807) is 7.11 Å². The first-order valence-electron chi connectivity index (χ1n) is 6.59. The van der Waals surface area contributed by atoms with Crippen LogP contribution in [0.2, 0.25) is 0 Å². The molecule has 106 valence electrons. The van der Waals surface area contributed by atoms with Gasteiger partial charge in [0, 0.05) is 19.3 Å². The molecule has 0 N–H and O–H groups in total. The van der Waals surface area contributed by atoms with Crippen LogP contribution in [0.4, 0.5) is 5.69 Å². The molecule has 4 nitrogen and oxygen atoms in total. The van der Waals surface area contributed by atoms with Gasteiger partial charge < -0.3 is 14.4 Å². The fourth-order valence-corrected chi connectivity index (χ4v) is 1.96. The van der Waals surface area contributed by atoms with Gasteiger partial charge in [-0.25, -0.2) is 4.79 Å². The summed E-state index contributed by atoms with van der Waals surface area (Å²) in [6.45, 7) is 7.41. The molecule has 1 aromatic carbocycles. The maximum atomic E-state index is 12.0. The summed E-state index contributed by atoms with van der Waals surface area (Å²) in [5, 5.41) is 0. The van der Waals surface area contributed by atoms with Gasteiger partial charge in [-0.15, -0.1) is 0 Å². The predicted octanol–water partition coefficient (Wildman–Crippen LogP) is 2.40. The smallest absolute Gasteiger partial charge is 0.328 e. The van der Waals surface area contributed by atoms with Gasteiger partial charge in [0.25, 0.3) is 0 Å². The summed E-state index contributed by atoms with van der Waals surface area (Å²) in [6, 6.07) is 7.82. The van der Waals surface area contributed by atoms with Crippen molar-refractivity contribution in [2.45, 2.75) is 26.8 Å². The van der Waals surface area contributed by atoms with E-state index >= 15 is 0 Å². The third kappa shape index (κ3) is 4.56. The summed E-state index contributed by atoms with van der Waals surface area (Å²) >= 11 is 0. The number of carbonyl (C=O) groups is 1. The zero-order valence-corrected chi connectivity index (χ0v) is 12.2. The van der Waals surface area contributed by atoms with E-state index in [0.717, 1.165) is 12.2 Å². The molecule has 0 fully saturated rings. The molecule has 0 aromatic heterocycles. The van der Waals surface area contributed by atoms with Gasteiger partial charge in [0.1, 0.15) is 12.6 Å².